The molecule has 3 rings (SSSR count). The molecule has 0 amide bonds. The zero-order chi connectivity index (χ0) is 13.9. The van der Waals surface area contributed by atoms with Crippen LogP contribution in [0.4, 0.5) is 5.82 Å². The molecule has 5 heteroatoms. The number of imidazole rings is 1. The molecular weight excluding hydrogens is 250 g/mol. The molecule has 0 saturated carbocycles. The average Bonchev–Trinajstić information content (AvgIpc) is 2.83. The lowest BCUT2D eigenvalue weighted by atomic mass is 10.1. The van der Waals surface area contributed by atoms with Gasteiger partial charge in [-0.2, -0.15) is 0 Å². The zero-order valence-corrected chi connectivity index (χ0v) is 12.2. The highest BCUT2D eigenvalue weighted by Crippen LogP contribution is 2.27. The topological polar surface area (TPSA) is 55.6 Å². The molecule has 0 aliphatic heterocycles. The largest absolute Gasteiger partial charge is 0.373 e. The average molecular weight is 271 g/mol. The Morgan fingerprint density at radius 2 is 2.05 bits per heavy atom. The Hall–Kier alpha value is -1.91. The van der Waals surface area contributed by atoms with Crippen LogP contribution in [-0.4, -0.2) is 26.6 Å². The maximum absolute atomic E-state index is 4.82. The summed E-state index contributed by atoms with van der Waals surface area (Å²) in [5, 5.41) is 3.24. The van der Waals surface area contributed by atoms with Crippen molar-refractivity contribution in [3.63, 3.8) is 0 Å². The van der Waals surface area contributed by atoms with Crippen LogP contribution in [0.3, 0.4) is 0 Å². The Morgan fingerprint density at radius 3 is 2.85 bits per heavy atom. The molecule has 0 radical (unpaired) electrons. The van der Waals surface area contributed by atoms with Gasteiger partial charge in [-0.05, 0) is 32.6 Å². The summed E-state index contributed by atoms with van der Waals surface area (Å²) in [5.74, 6) is 1.77. The number of rotatable bonds is 3. The molecule has 0 saturated heterocycles. The number of aryl methyl sites for hydroxylation is 2. The number of aromatic nitrogens is 4. The number of fused-ring (bicyclic) bond motifs is 1. The molecule has 20 heavy (non-hydrogen) atoms. The van der Waals surface area contributed by atoms with E-state index in [1.54, 1.807) is 0 Å². The fourth-order valence-electron chi connectivity index (χ4n) is 2.85. The first-order chi connectivity index (χ1) is 9.83. The molecule has 0 atom stereocenters. The highest BCUT2D eigenvalue weighted by Gasteiger charge is 2.18. The van der Waals surface area contributed by atoms with Gasteiger partial charge in [0.25, 0.3) is 0 Å². The molecule has 2 heterocycles. The van der Waals surface area contributed by atoms with Crippen LogP contribution in [0.2, 0.25) is 0 Å². The third-order valence-corrected chi connectivity index (χ3v) is 3.95. The quantitative estimate of drug-likeness (QED) is 0.872. The molecule has 2 aromatic heterocycles. The predicted octanol–water partition coefficient (Wildman–Crippen LogP) is 2.67. The highest BCUT2D eigenvalue weighted by molar-refractivity contribution is 5.56. The molecule has 2 aromatic rings. The van der Waals surface area contributed by atoms with E-state index in [9.17, 15) is 0 Å². The number of hydrogen-bond acceptors (Lipinski definition) is 4. The molecular formula is C15H21N5. The third kappa shape index (κ3) is 2.28. The highest BCUT2D eigenvalue weighted by atomic mass is 15.1. The number of nitrogens with one attached hydrogen (secondary N) is 1. The monoisotopic (exact) mass is 271 g/mol. The van der Waals surface area contributed by atoms with Crippen molar-refractivity contribution in [1.29, 1.82) is 0 Å². The van der Waals surface area contributed by atoms with Gasteiger partial charge < -0.3 is 9.88 Å². The van der Waals surface area contributed by atoms with E-state index in [1.807, 2.05) is 19.6 Å². The van der Waals surface area contributed by atoms with E-state index in [-0.39, 0.29) is 0 Å². The minimum absolute atomic E-state index is 0.786. The van der Waals surface area contributed by atoms with Gasteiger partial charge in [0.2, 0.25) is 0 Å². The van der Waals surface area contributed by atoms with Gasteiger partial charge in [0.05, 0.1) is 12.5 Å². The van der Waals surface area contributed by atoms with Crippen LogP contribution in [0.5, 0.6) is 0 Å². The van der Waals surface area contributed by atoms with Crippen LogP contribution in [0, 0.1) is 0 Å². The smallest absolute Gasteiger partial charge is 0.180 e. The van der Waals surface area contributed by atoms with Crippen molar-refractivity contribution >= 4 is 5.82 Å². The fourth-order valence-corrected chi connectivity index (χ4v) is 2.85. The van der Waals surface area contributed by atoms with Crippen LogP contribution < -0.4 is 5.32 Å². The van der Waals surface area contributed by atoms with Gasteiger partial charge in [0, 0.05) is 24.8 Å². The molecule has 0 fully saturated rings. The lowest BCUT2D eigenvalue weighted by Gasteiger charge is -2.13. The summed E-state index contributed by atoms with van der Waals surface area (Å²) in [6, 6.07) is 0. The summed E-state index contributed by atoms with van der Waals surface area (Å²) in [6.07, 6.45) is 9.56. The normalized spacial score (nSPS) is 14.7. The van der Waals surface area contributed by atoms with Gasteiger partial charge in [0.15, 0.2) is 5.82 Å². The van der Waals surface area contributed by atoms with E-state index in [0.29, 0.717) is 0 Å². The molecule has 5 nitrogen and oxygen atoms in total. The molecule has 0 spiro atoms. The first kappa shape index (κ1) is 13.1. The van der Waals surface area contributed by atoms with Crippen molar-refractivity contribution in [2.75, 3.05) is 12.4 Å². The van der Waals surface area contributed by atoms with Crippen molar-refractivity contribution < 1.29 is 0 Å². The minimum Gasteiger partial charge on any atom is -0.373 e. The van der Waals surface area contributed by atoms with Gasteiger partial charge in [0.1, 0.15) is 11.5 Å². The van der Waals surface area contributed by atoms with E-state index in [2.05, 4.69) is 21.8 Å². The second-order valence-electron chi connectivity index (χ2n) is 5.20. The molecule has 1 aliphatic carbocycles. The first-order valence-electron chi connectivity index (χ1n) is 7.41. The van der Waals surface area contributed by atoms with Crippen molar-refractivity contribution in [1.82, 2.24) is 19.5 Å². The summed E-state index contributed by atoms with van der Waals surface area (Å²) in [4.78, 5) is 13.8. The summed E-state index contributed by atoms with van der Waals surface area (Å²) in [7, 11) is 1.94. The van der Waals surface area contributed by atoms with E-state index >= 15 is 0 Å². The molecule has 0 unspecified atom stereocenters. The lowest BCUT2D eigenvalue weighted by Crippen LogP contribution is -2.08. The van der Waals surface area contributed by atoms with Gasteiger partial charge in [-0.15, -0.1) is 0 Å². The van der Waals surface area contributed by atoms with Crippen LogP contribution in [-0.2, 0) is 19.4 Å². The van der Waals surface area contributed by atoms with Crippen molar-refractivity contribution in [2.45, 2.75) is 45.6 Å². The van der Waals surface area contributed by atoms with Gasteiger partial charge in [-0.1, -0.05) is 6.42 Å². The Balaban J connectivity index is 2.11. The SMILES string of the molecule is CCn1cncc1-c1nc2c(c(NC)n1)CCCCC2. The van der Waals surface area contributed by atoms with Crippen LogP contribution in [0.1, 0.15) is 37.4 Å². The Bertz CT molecular complexity index is 602. The third-order valence-electron chi connectivity index (χ3n) is 3.95. The number of anilines is 1. The first-order valence-corrected chi connectivity index (χ1v) is 7.41. The van der Waals surface area contributed by atoms with Gasteiger partial charge in [-0.3, -0.25) is 0 Å². The van der Waals surface area contributed by atoms with Crippen molar-refractivity contribution in [2.24, 2.45) is 0 Å². The number of hydrogen-bond donors (Lipinski definition) is 1. The Labute approximate surface area is 119 Å². The lowest BCUT2D eigenvalue weighted by molar-refractivity contribution is 0.708. The van der Waals surface area contributed by atoms with Crippen LogP contribution in [0.15, 0.2) is 12.5 Å². The zero-order valence-electron chi connectivity index (χ0n) is 12.2. The van der Waals surface area contributed by atoms with E-state index < -0.39 is 0 Å². The van der Waals surface area contributed by atoms with E-state index in [4.69, 9.17) is 9.97 Å². The number of nitrogens with zero attached hydrogens (tertiary/aromatic N) is 4. The minimum atomic E-state index is 0.786. The maximum atomic E-state index is 4.82. The summed E-state index contributed by atoms with van der Waals surface area (Å²) < 4.78 is 2.08. The summed E-state index contributed by atoms with van der Waals surface area (Å²) in [5.41, 5.74) is 3.51. The Kier molecular flexibility index (Phi) is 3.67. The molecule has 0 bridgehead atoms. The Morgan fingerprint density at radius 1 is 1.20 bits per heavy atom. The van der Waals surface area contributed by atoms with E-state index in [0.717, 1.165) is 36.7 Å². The molecule has 106 valence electrons. The van der Waals surface area contributed by atoms with E-state index in [1.165, 1.54) is 30.5 Å². The van der Waals surface area contributed by atoms with Crippen LogP contribution in [0.25, 0.3) is 11.5 Å². The van der Waals surface area contributed by atoms with Crippen molar-refractivity contribution in [3.05, 3.63) is 23.8 Å². The maximum Gasteiger partial charge on any atom is 0.180 e. The van der Waals surface area contributed by atoms with Gasteiger partial charge in [-0.25, -0.2) is 15.0 Å². The standard InChI is InChI=1S/C15H21N5/c1-3-20-10-17-9-13(20)15-18-12-8-6-4-5-7-11(12)14(16-2)19-15/h9-10H,3-8H2,1-2H3,(H,16,18,19). The fraction of sp³-hybridized carbons (Fsp3) is 0.533. The second kappa shape index (κ2) is 5.61. The van der Waals surface area contributed by atoms with Gasteiger partial charge >= 0.3 is 0 Å². The summed E-state index contributed by atoms with van der Waals surface area (Å²) >= 11 is 0. The molecule has 1 aliphatic rings. The second-order valence-corrected chi connectivity index (χ2v) is 5.20. The van der Waals surface area contributed by atoms with Crippen LogP contribution >= 0.6 is 0 Å². The summed E-state index contributed by atoms with van der Waals surface area (Å²) in [6.45, 7) is 2.98. The molecule has 1 N–H and O–H groups in total. The molecule has 0 aromatic carbocycles. The predicted molar refractivity (Wildman–Crippen MR) is 79.7 cm³/mol. The van der Waals surface area contributed by atoms with Crippen molar-refractivity contribution in [3.8, 4) is 11.5 Å².